The predicted octanol–water partition coefficient (Wildman–Crippen LogP) is 1.03. The number of allylic oxidation sites excluding steroid dienone is 2. The number of rotatable bonds is 2. The first-order valence-corrected chi connectivity index (χ1v) is 3.03. The van der Waals surface area contributed by atoms with E-state index >= 15 is 0 Å². The Hall–Kier alpha value is -1.30. The molecular formula is C7H11N3. The van der Waals surface area contributed by atoms with E-state index in [0.717, 1.165) is 6.21 Å². The molecule has 0 aliphatic rings. The molecule has 0 radical (unpaired) electrons. The van der Waals surface area contributed by atoms with E-state index in [1.165, 1.54) is 0 Å². The molecule has 3 N–H and O–H groups in total. The van der Waals surface area contributed by atoms with Crippen molar-refractivity contribution in [3.8, 4) is 6.07 Å². The minimum Gasteiger partial charge on any atom is -0.401 e. The molecule has 0 aromatic carbocycles. The Kier molecular flexibility index (Phi) is 3.20. The van der Waals surface area contributed by atoms with Gasteiger partial charge in [-0.25, -0.2) is 0 Å². The van der Waals surface area contributed by atoms with Crippen molar-refractivity contribution in [2.24, 2.45) is 11.7 Å². The van der Waals surface area contributed by atoms with E-state index < -0.39 is 0 Å². The van der Waals surface area contributed by atoms with Gasteiger partial charge in [0.15, 0.2) is 0 Å². The van der Waals surface area contributed by atoms with Gasteiger partial charge in [0, 0.05) is 11.9 Å². The summed E-state index contributed by atoms with van der Waals surface area (Å²) in [6, 6.07) is 1.84. The SMILES string of the molecule is CC(C)C(N)=C(C#N)C=N. The average molecular weight is 137 g/mol. The van der Waals surface area contributed by atoms with Crippen LogP contribution in [0.3, 0.4) is 0 Å². The second kappa shape index (κ2) is 3.67. The maximum Gasteiger partial charge on any atom is 0.103 e. The highest BCUT2D eigenvalue weighted by Gasteiger charge is 2.02. The first-order chi connectivity index (χ1) is 4.63. The van der Waals surface area contributed by atoms with Gasteiger partial charge in [0.25, 0.3) is 0 Å². The second-order valence-corrected chi connectivity index (χ2v) is 2.28. The largest absolute Gasteiger partial charge is 0.401 e. The summed E-state index contributed by atoms with van der Waals surface area (Å²) in [4.78, 5) is 0. The van der Waals surface area contributed by atoms with Crippen LogP contribution in [-0.2, 0) is 0 Å². The molecule has 0 saturated heterocycles. The third kappa shape index (κ3) is 1.90. The highest BCUT2D eigenvalue weighted by Crippen LogP contribution is 2.05. The number of nitrogens with zero attached hydrogens (tertiary/aromatic N) is 1. The zero-order valence-electron chi connectivity index (χ0n) is 6.18. The summed E-state index contributed by atoms with van der Waals surface area (Å²) in [7, 11) is 0. The lowest BCUT2D eigenvalue weighted by atomic mass is 10.1. The van der Waals surface area contributed by atoms with Gasteiger partial charge in [-0.2, -0.15) is 5.26 Å². The molecule has 0 saturated carbocycles. The van der Waals surface area contributed by atoms with Crippen molar-refractivity contribution in [3.63, 3.8) is 0 Å². The lowest BCUT2D eigenvalue weighted by Gasteiger charge is -2.04. The molecule has 0 rings (SSSR count). The van der Waals surface area contributed by atoms with Crippen molar-refractivity contribution in [1.82, 2.24) is 0 Å². The van der Waals surface area contributed by atoms with Crippen LogP contribution in [-0.4, -0.2) is 6.21 Å². The van der Waals surface area contributed by atoms with E-state index in [4.69, 9.17) is 16.4 Å². The number of nitrogens with two attached hydrogens (primary N) is 1. The van der Waals surface area contributed by atoms with Gasteiger partial charge in [-0.15, -0.1) is 0 Å². The fraction of sp³-hybridized carbons (Fsp3) is 0.429. The zero-order chi connectivity index (χ0) is 8.15. The van der Waals surface area contributed by atoms with E-state index in [-0.39, 0.29) is 11.5 Å². The van der Waals surface area contributed by atoms with Gasteiger partial charge in [-0.3, -0.25) is 0 Å². The van der Waals surface area contributed by atoms with E-state index in [2.05, 4.69) is 0 Å². The maximum absolute atomic E-state index is 8.41. The molecule has 0 aliphatic heterocycles. The van der Waals surface area contributed by atoms with Crippen LogP contribution in [0.15, 0.2) is 11.3 Å². The average Bonchev–Trinajstić information content (AvgIpc) is 1.90. The zero-order valence-corrected chi connectivity index (χ0v) is 6.18. The van der Waals surface area contributed by atoms with Crippen molar-refractivity contribution in [2.45, 2.75) is 13.8 Å². The molecule has 0 aromatic rings. The van der Waals surface area contributed by atoms with Crippen molar-refractivity contribution >= 4 is 6.21 Å². The molecule has 0 aliphatic carbocycles. The summed E-state index contributed by atoms with van der Waals surface area (Å²) < 4.78 is 0. The molecule has 0 unspecified atom stereocenters. The number of hydrogen-bond donors (Lipinski definition) is 2. The molecule has 0 aromatic heterocycles. The van der Waals surface area contributed by atoms with Crippen molar-refractivity contribution in [3.05, 3.63) is 11.3 Å². The standard InChI is InChI=1S/C7H11N3/c1-5(2)7(10)6(3-8)4-9/h3,5,8H,10H2,1-2H3. The summed E-state index contributed by atoms with van der Waals surface area (Å²) in [6.07, 6.45) is 0.981. The summed E-state index contributed by atoms with van der Waals surface area (Å²) in [6.45, 7) is 3.77. The van der Waals surface area contributed by atoms with Crippen molar-refractivity contribution in [2.75, 3.05) is 0 Å². The molecular weight excluding hydrogens is 126 g/mol. The molecule has 3 heteroatoms. The lowest BCUT2D eigenvalue weighted by molar-refractivity contribution is 0.754. The van der Waals surface area contributed by atoms with Gasteiger partial charge in [-0.1, -0.05) is 13.8 Å². The van der Waals surface area contributed by atoms with Crippen LogP contribution in [0, 0.1) is 22.7 Å². The molecule has 54 valence electrons. The Balaban J connectivity index is 4.64. The molecule has 0 bridgehead atoms. The summed E-state index contributed by atoms with van der Waals surface area (Å²) in [5.74, 6) is 0.135. The van der Waals surface area contributed by atoms with Gasteiger partial charge in [-0.05, 0) is 5.92 Å². The monoisotopic (exact) mass is 137 g/mol. The third-order valence-corrected chi connectivity index (χ3v) is 1.20. The van der Waals surface area contributed by atoms with Gasteiger partial charge in [0.2, 0.25) is 0 Å². The van der Waals surface area contributed by atoms with Gasteiger partial charge < -0.3 is 11.1 Å². The van der Waals surface area contributed by atoms with Gasteiger partial charge >= 0.3 is 0 Å². The molecule has 0 atom stereocenters. The van der Waals surface area contributed by atoms with Gasteiger partial charge in [0.1, 0.15) is 6.07 Å². The van der Waals surface area contributed by atoms with E-state index in [1.807, 2.05) is 19.9 Å². The molecule has 0 amide bonds. The van der Waals surface area contributed by atoms with Crippen LogP contribution in [0.5, 0.6) is 0 Å². The summed E-state index contributed by atoms with van der Waals surface area (Å²) in [5.41, 5.74) is 6.23. The van der Waals surface area contributed by atoms with E-state index in [0.29, 0.717) is 5.70 Å². The molecule has 0 fully saturated rings. The van der Waals surface area contributed by atoms with Gasteiger partial charge in [0.05, 0.1) is 5.57 Å². The first-order valence-electron chi connectivity index (χ1n) is 3.03. The highest BCUT2D eigenvalue weighted by molar-refractivity contribution is 5.82. The number of nitriles is 1. The Bertz CT molecular complexity index is 195. The summed E-state index contributed by atoms with van der Waals surface area (Å²) in [5, 5.41) is 15.2. The maximum atomic E-state index is 8.41. The van der Waals surface area contributed by atoms with Crippen LogP contribution in [0.2, 0.25) is 0 Å². The van der Waals surface area contributed by atoms with E-state index in [1.54, 1.807) is 0 Å². The van der Waals surface area contributed by atoms with E-state index in [9.17, 15) is 0 Å². The number of nitrogens with one attached hydrogen (secondary N) is 1. The van der Waals surface area contributed by atoms with Crippen molar-refractivity contribution < 1.29 is 0 Å². The number of hydrogen-bond acceptors (Lipinski definition) is 3. The van der Waals surface area contributed by atoms with Crippen LogP contribution < -0.4 is 5.73 Å². The smallest absolute Gasteiger partial charge is 0.103 e. The fourth-order valence-corrected chi connectivity index (χ4v) is 0.491. The van der Waals surface area contributed by atoms with Crippen LogP contribution in [0.1, 0.15) is 13.8 Å². The molecule has 0 heterocycles. The van der Waals surface area contributed by atoms with Crippen LogP contribution in [0.25, 0.3) is 0 Å². The second-order valence-electron chi connectivity index (χ2n) is 2.28. The van der Waals surface area contributed by atoms with Crippen LogP contribution >= 0.6 is 0 Å². The lowest BCUT2D eigenvalue weighted by Crippen LogP contribution is -2.08. The molecule has 3 nitrogen and oxygen atoms in total. The Morgan fingerprint density at radius 3 is 2.30 bits per heavy atom. The predicted molar refractivity (Wildman–Crippen MR) is 40.4 cm³/mol. The highest BCUT2D eigenvalue weighted by atomic mass is 14.6. The minimum absolute atomic E-state index is 0.135. The molecule has 0 spiro atoms. The van der Waals surface area contributed by atoms with Crippen molar-refractivity contribution in [1.29, 1.82) is 10.7 Å². The normalized spacial score (nSPS) is 12.2. The Morgan fingerprint density at radius 1 is 1.70 bits per heavy atom. The van der Waals surface area contributed by atoms with Crippen LogP contribution in [0.4, 0.5) is 0 Å². The minimum atomic E-state index is 0.135. The Labute approximate surface area is 60.7 Å². The summed E-state index contributed by atoms with van der Waals surface area (Å²) >= 11 is 0. The topological polar surface area (TPSA) is 73.7 Å². The third-order valence-electron chi connectivity index (χ3n) is 1.20. The fourth-order valence-electron chi connectivity index (χ4n) is 0.491. The quantitative estimate of drug-likeness (QED) is 0.440. The Morgan fingerprint density at radius 2 is 2.20 bits per heavy atom. The molecule has 10 heavy (non-hydrogen) atoms. The first kappa shape index (κ1) is 8.70.